The Morgan fingerprint density at radius 3 is 2.84 bits per heavy atom. The summed E-state index contributed by atoms with van der Waals surface area (Å²) in [5, 5.41) is 19.2. The minimum absolute atomic E-state index is 0.239. The van der Waals surface area contributed by atoms with E-state index in [2.05, 4.69) is 10.2 Å². The first-order valence-corrected chi connectivity index (χ1v) is 8.10. The highest BCUT2D eigenvalue weighted by molar-refractivity contribution is 7.99. The maximum absolute atomic E-state index is 10.1. The highest BCUT2D eigenvalue weighted by atomic mass is 32.2. The molecule has 0 amide bonds. The van der Waals surface area contributed by atoms with Crippen LogP contribution in [0.5, 0.6) is 0 Å². The van der Waals surface area contributed by atoms with Crippen LogP contribution in [-0.2, 0) is 6.54 Å². The molecule has 19 heavy (non-hydrogen) atoms. The minimum Gasteiger partial charge on any atom is -0.392 e. The highest BCUT2D eigenvalue weighted by Crippen LogP contribution is 2.29. The number of nitrogens with zero attached hydrogens (tertiary/aromatic N) is 3. The van der Waals surface area contributed by atoms with E-state index in [0.29, 0.717) is 12.3 Å². The first-order chi connectivity index (χ1) is 9.20. The van der Waals surface area contributed by atoms with Crippen molar-refractivity contribution in [2.45, 2.75) is 56.8 Å². The third-order valence-corrected chi connectivity index (χ3v) is 4.85. The molecule has 0 aromatic carbocycles. The van der Waals surface area contributed by atoms with E-state index in [4.69, 9.17) is 5.73 Å². The molecule has 0 saturated heterocycles. The molecule has 1 fully saturated rings. The second-order valence-corrected chi connectivity index (χ2v) is 6.31. The van der Waals surface area contributed by atoms with Gasteiger partial charge in [0.05, 0.1) is 6.10 Å². The molecule has 1 heterocycles. The summed E-state index contributed by atoms with van der Waals surface area (Å²) in [6.45, 7) is 3.25. The quantitative estimate of drug-likeness (QED) is 0.743. The summed E-state index contributed by atoms with van der Waals surface area (Å²) in [5.74, 6) is 2.30. The normalized spacial score (nSPS) is 18.1. The van der Waals surface area contributed by atoms with E-state index in [1.54, 1.807) is 11.8 Å². The van der Waals surface area contributed by atoms with Gasteiger partial charge in [0.2, 0.25) is 0 Å². The van der Waals surface area contributed by atoms with Gasteiger partial charge in [-0.2, -0.15) is 0 Å². The standard InChI is InChI=1S/C13H24N4OS/c1-10-15-16-13(17(10)7-6-14)19-9-12(18)8-11-4-2-3-5-11/h11-12,18H,2-9,14H2,1H3. The summed E-state index contributed by atoms with van der Waals surface area (Å²) in [5.41, 5.74) is 5.59. The molecule has 1 atom stereocenters. The van der Waals surface area contributed by atoms with Gasteiger partial charge in [-0.15, -0.1) is 10.2 Å². The van der Waals surface area contributed by atoms with Crippen LogP contribution < -0.4 is 5.73 Å². The average Bonchev–Trinajstić information content (AvgIpc) is 3.00. The molecule has 0 spiro atoms. The minimum atomic E-state index is -0.239. The van der Waals surface area contributed by atoms with Crippen molar-refractivity contribution in [3.8, 4) is 0 Å². The van der Waals surface area contributed by atoms with Crippen LogP contribution in [0.25, 0.3) is 0 Å². The lowest BCUT2D eigenvalue weighted by molar-refractivity contribution is 0.165. The van der Waals surface area contributed by atoms with Gasteiger partial charge in [-0.1, -0.05) is 37.4 Å². The van der Waals surface area contributed by atoms with Crippen LogP contribution in [-0.4, -0.2) is 38.3 Å². The molecular formula is C13H24N4OS. The Balaban J connectivity index is 1.80. The van der Waals surface area contributed by atoms with Crippen molar-refractivity contribution in [3.63, 3.8) is 0 Å². The lowest BCUT2D eigenvalue weighted by Crippen LogP contribution is -2.16. The topological polar surface area (TPSA) is 77.0 Å². The number of hydrogen-bond acceptors (Lipinski definition) is 5. The summed E-state index contributed by atoms with van der Waals surface area (Å²) < 4.78 is 2.02. The van der Waals surface area contributed by atoms with E-state index in [9.17, 15) is 5.11 Å². The highest BCUT2D eigenvalue weighted by Gasteiger charge is 2.19. The predicted molar refractivity (Wildman–Crippen MR) is 77.1 cm³/mol. The molecule has 1 saturated carbocycles. The fraction of sp³-hybridized carbons (Fsp3) is 0.846. The average molecular weight is 284 g/mol. The largest absolute Gasteiger partial charge is 0.392 e. The van der Waals surface area contributed by atoms with Crippen molar-refractivity contribution in [1.82, 2.24) is 14.8 Å². The lowest BCUT2D eigenvalue weighted by Gasteiger charge is -2.15. The van der Waals surface area contributed by atoms with E-state index in [0.717, 1.165) is 29.9 Å². The SMILES string of the molecule is Cc1nnc(SCC(O)CC2CCCC2)n1CCN. The molecule has 2 rings (SSSR count). The maximum atomic E-state index is 10.1. The van der Waals surface area contributed by atoms with Crippen LogP contribution in [0.2, 0.25) is 0 Å². The molecule has 0 bridgehead atoms. The van der Waals surface area contributed by atoms with Crippen LogP contribution in [0, 0.1) is 12.8 Å². The second-order valence-electron chi connectivity index (χ2n) is 5.32. The first-order valence-electron chi connectivity index (χ1n) is 7.11. The third kappa shape index (κ3) is 4.19. The Bertz CT molecular complexity index is 390. The zero-order valence-electron chi connectivity index (χ0n) is 11.6. The lowest BCUT2D eigenvalue weighted by atomic mass is 10.0. The van der Waals surface area contributed by atoms with Gasteiger partial charge < -0.3 is 15.4 Å². The van der Waals surface area contributed by atoms with Gasteiger partial charge in [-0.3, -0.25) is 0 Å². The van der Waals surface area contributed by atoms with E-state index < -0.39 is 0 Å². The Morgan fingerprint density at radius 2 is 2.16 bits per heavy atom. The number of aliphatic hydroxyl groups excluding tert-OH is 1. The molecule has 3 N–H and O–H groups in total. The molecule has 0 aliphatic heterocycles. The third-order valence-electron chi connectivity index (χ3n) is 3.74. The van der Waals surface area contributed by atoms with Gasteiger partial charge in [0.15, 0.2) is 5.16 Å². The van der Waals surface area contributed by atoms with E-state index >= 15 is 0 Å². The molecule has 1 aliphatic carbocycles. The van der Waals surface area contributed by atoms with Gasteiger partial charge >= 0.3 is 0 Å². The van der Waals surface area contributed by atoms with E-state index in [1.807, 2.05) is 11.5 Å². The Kier molecular flexibility index (Phi) is 5.66. The number of aryl methyl sites for hydroxylation is 1. The number of thioether (sulfide) groups is 1. The Hall–Kier alpha value is -0.590. The Labute approximate surface area is 119 Å². The number of aliphatic hydroxyl groups is 1. The Morgan fingerprint density at radius 1 is 1.42 bits per heavy atom. The number of nitrogens with two attached hydrogens (primary N) is 1. The smallest absolute Gasteiger partial charge is 0.191 e. The number of rotatable bonds is 7. The fourth-order valence-corrected chi connectivity index (χ4v) is 3.68. The summed E-state index contributed by atoms with van der Waals surface area (Å²) in [6.07, 6.45) is 5.91. The monoisotopic (exact) mass is 284 g/mol. The van der Waals surface area contributed by atoms with Gasteiger partial charge in [0.25, 0.3) is 0 Å². The maximum Gasteiger partial charge on any atom is 0.191 e. The summed E-state index contributed by atoms with van der Waals surface area (Å²) in [6, 6.07) is 0. The van der Waals surface area contributed by atoms with Crippen LogP contribution in [0.4, 0.5) is 0 Å². The molecule has 0 radical (unpaired) electrons. The van der Waals surface area contributed by atoms with Crippen molar-refractivity contribution in [1.29, 1.82) is 0 Å². The molecule has 1 aliphatic rings. The fourth-order valence-electron chi connectivity index (χ4n) is 2.72. The van der Waals surface area contributed by atoms with Crippen LogP contribution in [0.1, 0.15) is 37.9 Å². The molecule has 6 heteroatoms. The predicted octanol–water partition coefficient (Wildman–Crippen LogP) is 1.58. The van der Waals surface area contributed by atoms with Crippen LogP contribution in [0.3, 0.4) is 0 Å². The van der Waals surface area contributed by atoms with Crippen molar-refractivity contribution < 1.29 is 5.11 Å². The molecule has 5 nitrogen and oxygen atoms in total. The van der Waals surface area contributed by atoms with Gasteiger partial charge in [0.1, 0.15) is 5.82 Å². The van der Waals surface area contributed by atoms with Crippen molar-refractivity contribution in [3.05, 3.63) is 5.82 Å². The van der Waals surface area contributed by atoms with Gasteiger partial charge in [-0.25, -0.2) is 0 Å². The van der Waals surface area contributed by atoms with Crippen molar-refractivity contribution in [2.24, 2.45) is 11.7 Å². The van der Waals surface area contributed by atoms with Crippen LogP contribution >= 0.6 is 11.8 Å². The summed E-state index contributed by atoms with van der Waals surface area (Å²) in [4.78, 5) is 0. The van der Waals surface area contributed by atoms with E-state index in [1.165, 1.54) is 25.7 Å². The van der Waals surface area contributed by atoms with Crippen molar-refractivity contribution >= 4 is 11.8 Å². The van der Waals surface area contributed by atoms with E-state index in [-0.39, 0.29) is 6.10 Å². The molecule has 1 aromatic heterocycles. The zero-order valence-corrected chi connectivity index (χ0v) is 12.4. The number of hydrogen-bond donors (Lipinski definition) is 2. The second kappa shape index (κ2) is 7.26. The van der Waals surface area contributed by atoms with Crippen LogP contribution in [0.15, 0.2) is 5.16 Å². The zero-order chi connectivity index (χ0) is 13.7. The van der Waals surface area contributed by atoms with Gasteiger partial charge in [0, 0.05) is 18.8 Å². The first kappa shape index (κ1) is 14.8. The molecule has 1 unspecified atom stereocenters. The molecular weight excluding hydrogens is 260 g/mol. The number of aromatic nitrogens is 3. The molecule has 1 aromatic rings. The summed E-state index contributed by atoms with van der Waals surface area (Å²) >= 11 is 1.58. The molecule has 108 valence electrons. The van der Waals surface area contributed by atoms with Crippen molar-refractivity contribution in [2.75, 3.05) is 12.3 Å². The summed E-state index contributed by atoms with van der Waals surface area (Å²) in [7, 11) is 0. The van der Waals surface area contributed by atoms with Gasteiger partial charge in [-0.05, 0) is 19.3 Å².